The third kappa shape index (κ3) is 3.05. The summed E-state index contributed by atoms with van der Waals surface area (Å²) in [4.78, 5) is 13.8. The minimum atomic E-state index is -0.609. The summed E-state index contributed by atoms with van der Waals surface area (Å²) >= 11 is 0. The lowest BCUT2D eigenvalue weighted by Crippen LogP contribution is -2.37. The van der Waals surface area contributed by atoms with Crippen LogP contribution in [0.4, 0.5) is 5.69 Å². The highest BCUT2D eigenvalue weighted by atomic mass is 16.2. The summed E-state index contributed by atoms with van der Waals surface area (Å²) in [7, 11) is 4.06. The average molecular weight is 233 g/mol. The van der Waals surface area contributed by atoms with Crippen LogP contribution in [0.15, 0.2) is 24.3 Å². The number of carbonyl (C=O) groups is 1. The van der Waals surface area contributed by atoms with Crippen LogP contribution in [0.5, 0.6) is 0 Å². The van der Waals surface area contributed by atoms with E-state index < -0.39 is 5.54 Å². The first-order valence-electron chi connectivity index (χ1n) is 5.84. The van der Waals surface area contributed by atoms with Crippen LogP contribution < -0.4 is 11.1 Å². The van der Waals surface area contributed by atoms with Crippen molar-refractivity contribution in [3.63, 3.8) is 0 Å². The number of rotatable bonds is 4. The SMILES string of the molecule is CN(C)Cc1ccc(NC(=O)C2(N)CC2)cc1. The van der Waals surface area contributed by atoms with Gasteiger partial charge in [0.25, 0.3) is 0 Å². The number of hydrogen-bond donors (Lipinski definition) is 2. The molecule has 0 radical (unpaired) electrons. The molecule has 0 heterocycles. The zero-order valence-corrected chi connectivity index (χ0v) is 10.4. The van der Waals surface area contributed by atoms with Gasteiger partial charge in [0, 0.05) is 12.2 Å². The fourth-order valence-electron chi connectivity index (χ4n) is 1.68. The van der Waals surface area contributed by atoms with Gasteiger partial charge in [0.2, 0.25) is 5.91 Å². The Kier molecular flexibility index (Phi) is 3.17. The Bertz CT molecular complexity index is 407. The lowest BCUT2D eigenvalue weighted by atomic mass is 10.2. The fraction of sp³-hybridized carbons (Fsp3) is 0.462. The van der Waals surface area contributed by atoms with E-state index in [0.717, 1.165) is 25.1 Å². The van der Waals surface area contributed by atoms with E-state index in [2.05, 4.69) is 10.2 Å². The van der Waals surface area contributed by atoms with Crippen LogP contribution in [0.3, 0.4) is 0 Å². The molecule has 0 aliphatic heterocycles. The van der Waals surface area contributed by atoms with E-state index >= 15 is 0 Å². The van der Waals surface area contributed by atoms with Gasteiger partial charge in [-0.15, -0.1) is 0 Å². The van der Waals surface area contributed by atoms with Crippen molar-refractivity contribution >= 4 is 11.6 Å². The summed E-state index contributed by atoms with van der Waals surface area (Å²) in [5, 5.41) is 2.85. The van der Waals surface area contributed by atoms with Crippen molar-refractivity contribution in [2.45, 2.75) is 24.9 Å². The molecular weight excluding hydrogens is 214 g/mol. The van der Waals surface area contributed by atoms with Crippen molar-refractivity contribution in [1.29, 1.82) is 0 Å². The molecule has 1 aliphatic carbocycles. The van der Waals surface area contributed by atoms with Crippen molar-refractivity contribution in [3.8, 4) is 0 Å². The van der Waals surface area contributed by atoms with Gasteiger partial charge in [-0.2, -0.15) is 0 Å². The molecule has 1 aliphatic rings. The topological polar surface area (TPSA) is 58.4 Å². The molecule has 1 aromatic carbocycles. The number of amides is 1. The minimum absolute atomic E-state index is 0.0714. The van der Waals surface area contributed by atoms with Gasteiger partial charge in [0.15, 0.2) is 0 Å². The second kappa shape index (κ2) is 4.47. The molecule has 1 fully saturated rings. The predicted octanol–water partition coefficient (Wildman–Crippen LogP) is 1.18. The second-order valence-electron chi connectivity index (χ2n) is 5.04. The zero-order valence-electron chi connectivity index (χ0n) is 10.4. The Morgan fingerprint density at radius 1 is 1.35 bits per heavy atom. The maximum atomic E-state index is 11.7. The minimum Gasteiger partial charge on any atom is -0.324 e. The summed E-state index contributed by atoms with van der Waals surface area (Å²) < 4.78 is 0. The monoisotopic (exact) mass is 233 g/mol. The van der Waals surface area contributed by atoms with Crippen LogP contribution in [0.1, 0.15) is 18.4 Å². The standard InChI is InChI=1S/C13H19N3O/c1-16(2)9-10-3-5-11(6-4-10)15-12(17)13(14)7-8-13/h3-6H,7-9,14H2,1-2H3,(H,15,17). The Labute approximate surface area is 102 Å². The smallest absolute Gasteiger partial charge is 0.244 e. The largest absolute Gasteiger partial charge is 0.324 e. The normalized spacial score (nSPS) is 16.9. The number of carbonyl (C=O) groups excluding carboxylic acids is 1. The highest BCUT2D eigenvalue weighted by Crippen LogP contribution is 2.33. The molecule has 92 valence electrons. The second-order valence-corrected chi connectivity index (χ2v) is 5.04. The Morgan fingerprint density at radius 2 is 1.94 bits per heavy atom. The summed E-state index contributed by atoms with van der Waals surface area (Å²) in [6.45, 7) is 0.898. The molecule has 0 atom stereocenters. The summed E-state index contributed by atoms with van der Waals surface area (Å²) in [5.41, 5.74) is 7.24. The van der Waals surface area contributed by atoms with Crippen molar-refractivity contribution in [1.82, 2.24) is 4.90 Å². The Morgan fingerprint density at radius 3 is 2.41 bits per heavy atom. The van der Waals surface area contributed by atoms with Crippen molar-refractivity contribution in [2.75, 3.05) is 19.4 Å². The molecule has 0 bridgehead atoms. The van der Waals surface area contributed by atoms with Gasteiger partial charge in [-0.25, -0.2) is 0 Å². The van der Waals surface area contributed by atoms with Crippen LogP contribution in [0.2, 0.25) is 0 Å². The Balaban J connectivity index is 1.96. The third-order valence-corrected chi connectivity index (χ3v) is 2.95. The number of anilines is 1. The van der Waals surface area contributed by atoms with Gasteiger partial charge in [-0.05, 0) is 44.6 Å². The lowest BCUT2D eigenvalue weighted by Gasteiger charge is -2.12. The number of nitrogens with two attached hydrogens (primary N) is 1. The highest BCUT2D eigenvalue weighted by Gasteiger charge is 2.45. The molecule has 1 saturated carbocycles. The summed E-state index contributed by atoms with van der Waals surface area (Å²) in [6, 6.07) is 7.88. The molecule has 1 amide bonds. The van der Waals surface area contributed by atoms with Gasteiger partial charge in [0.05, 0.1) is 5.54 Å². The number of nitrogens with one attached hydrogen (secondary N) is 1. The molecule has 3 N–H and O–H groups in total. The van der Waals surface area contributed by atoms with Crippen molar-refractivity contribution in [2.24, 2.45) is 5.73 Å². The van der Waals surface area contributed by atoms with E-state index in [1.165, 1.54) is 5.56 Å². The first kappa shape index (κ1) is 12.1. The highest BCUT2D eigenvalue weighted by molar-refractivity contribution is 6.00. The van der Waals surface area contributed by atoms with Gasteiger partial charge in [-0.1, -0.05) is 12.1 Å². The van der Waals surface area contributed by atoms with Gasteiger partial charge in [0.1, 0.15) is 0 Å². The van der Waals surface area contributed by atoms with Crippen molar-refractivity contribution < 1.29 is 4.79 Å². The molecule has 4 heteroatoms. The number of hydrogen-bond acceptors (Lipinski definition) is 3. The number of nitrogens with zero attached hydrogens (tertiary/aromatic N) is 1. The van der Waals surface area contributed by atoms with E-state index in [4.69, 9.17) is 5.73 Å². The van der Waals surface area contributed by atoms with E-state index in [9.17, 15) is 4.79 Å². The maximum Gasteiger partial charge on any atom is 0.244 e. The van der Waals surface area contributed by atoms with Crippen LogP contribution in [-0.4, -0.2) is 30.4 Å². The fourth-order valence-corrected chi connectivity index (χ4v) is 1.68. The van der Waals surface area contributed by atoms with Gasteiger partial charge < -0.3 is 16.0 Å². The Hall–Kier alpha value is -1.39. The van der Waals surface area contributed by atoms with Crippen LogP contribution in [0.25, 0.3) is 0 Å². The first-order chi connectivity index (χ1) is 7.99. The molecule has 0 spiro atoms. The zero-order chi connectivity index (χ0) is 12.5. The lowest BCUT2D eigenvalue weighted by molar-refractivity contribution is -0.118. The molecular formula is C13H19N3O. The van der Waals surface area contributed by atoms with Crippen molar-refractivity contribution in [3.05, 3.63) is 29.8 Å². The average Bonchev–Trinajstić information content (AvgIpc) is 3.00. The van der Waals surface area contributed by atoms with E-state index in [1.54, 1.807) is 0 Å². The molecule has 1 aromatic rings. The molecule has 0 unspecified atom stereocenters. The maximum absolute atomic E-state index is 11.7. The third-order valence-electron chi connectivity index (χ3n) is 2.95. The van der Waals surface area contributed by atoms with E-state index in [0.29, 0.717) is 0 Å². The van der Waals surface area contributed by atoms with Gasteiger partial charge >= 0.3 is 0 Å². The van der Waals surface area contributed by atoms with Gasteiger partial charge in [-0.3, -0.25) is 4.79 Å². The summed E-state index contributed by atoms with van der Waals surface area (Å²) in [5.74, 6) is -0.0714. The van der Waals surface area contributed by atoms with E-state index in [1.807, 2.05) is 38.4 Å². The molecule has 2 rings (SSSR count). The molecule has 4 nitrogen and oxygen atoms in total. The van der Waals surface area contributed by atoms with Crippen LogP contribution >= 0.6 is 0 Å². The molecule has 0 aromatic heterocycles. The molecule has 17 heavy (non-hydrogen) atoms. The molecule has 0 saturated heterocycles. The summed E-state index contributed by atoms with van der Waals surface area (Å²) in [6.07, 6.45) is 1.58. The quantitative estimate of drug-likeness (QED) is 0.821. The predicted molar refractivity (Wildman–Crippen MR) is 68.6 cm³/mol. The number of benzene rings is 1. The van der Waals surface area contributed by atoms with Crippen LogP contribution in [-0.2, 0) is 11.3 Å². The van der Waals surface area contributed by atoms with Crippen LogP contribution in [0, 0.1) is 0 Å². The van der Waals surface area contributed by atoms with E-state index in [-0.39, 0.29) is 5.91 Å². The first-order valence-corrected chi connectivity index (χ1v) is 5.84.